The molecule has 5 heteroatoms. The highest BCUT2D eigenvalue weighted by atomic mass is 35.5. The normalized spacial score (nSPS) is 21.5. The molecular formula is C17H18Cl2N2O. The first-order chi connectivity index (χ1) is 10.6. The van der Waals surface area contributed by atoms with E-state index in [1.807, 2.05) is 6.20 Å². The summed E-state index contributed by atoms with van der Waals surface area (Å²) < 4.78 is 2.33. The average molecular weight is 337 g/mol. The maximum Gasteiger partial charge on any atom is 0.120 e. The first-order valence-electron chi connectivity index (χ1n) is 7.86. The van der Waals surface area contributed by atoms with E-state index < -0.39 is 0 Å². The predicted octanol–water partition coefficient (Wildman–Crippen LogP) is 4.89. The van der Waals surface area contributed by atoms with Gasteiger partial charge in [-0.1, -0.05) is 36.0 Å². The topological polar surface area (TPSA) is 38.1 Å². The molecule has 2 aliphatic rings. The van der Waals surface area contributed by atoms with Crippen LogP contribution < -0.4 is 0 Å². The summed E-state index contributed by atoms with van der Waals surface area (Å²) in [6.45, 7) is 0.828. The van der Waals surface area contributed by atoms with E-state index in [1.165, 1.54) is 31.4 Å². The van der Waals surface area contributed by atoms with Gasteiger partial charge in [0.1, 0.15) is 11.6 Å². The Morgan fingerprint density at radius 1 is 1.14 bits per heavy atom. The van der Waals surface area contributed by atoms with Crippen molar-refractivity contribution in [2.75, 3.05) is 0 Å². The molecule has 3 nitrogen and oxygen atoms in total. The van der Waals surface area contributed by atoms with Gasteiger partial charge in [-0.3, -0.25) is 0 Å². The minimum Gasteiger partial charge on any atom is -0.508 e. The Labute approximate surface area is 139 Å². The lowest BCUT2D eigenvalue weighted by molar-refractivity contribution is 0.458. The molecule has 1 unspecified atom stereocenters. The van der Waals surface area contributed by atoms with Gasteiger partial charge in [-0.15, -0.1) is 0 Å². The number of fused-ring (bicyclic) bond motifs is 1. The lowest BCUT2D eigenvalue weighted by atomic mass is 9.96. The molecule has 0 radical (unpaired) electrons. The number of hydrogen-bond acceptors (Lipinski definition) is 2. The molecule has 0 saturated heterocycles. The molecule has 0 amide bonds. The van der Waals surface area contributed by atoms with Crippen LogP contribution >= 0.6 is 23.2 Å². The van der Waals surface area contributed by atoms with E-state index in [0.29, 0.717) is 16.0 Å². The maximum atomic E-state index is 10.2. The van der Waals surface area contributed by atoms with Crippen molar-refractivity contribution in [3.63, 3.8) is 0 Å². The molecule has 1 atom stereocenters. The number of aromatic hydroxyl groups is 1. The largest absolute Gasteiger partial charge is 0.508 e. The minimum atomic E-state index is 0.148. The van der Waals surface area contributed by atoms with E-state index in [2.05, 4.69) is 9.55 Å². The monoisotopic (exact) mass is 336 g/mol. The summed E-state index contributed by atoms with van der Waals surface area (Å²) in [5.74, 6) is 2.12. The van der Waals surface area contributed by atoms with Crippen LogP contribution in [0.4, 0.5) is 0 Å². The second kappa shape index (κ2) is 5.47. The fraction of sp³-hybridized carbons (Fsp3) is 0.471. The highest BCUT2D eigenvalue weighted by Gasteiger charge is 2.32. The van der Waals surface area contributed by atoms with Crippen molar-refractivity contribution < 1.29 is 5.11 Å². The van der Waals surface area contributed by atoms with Crippen LogP contribution in [-0.2, 0) is 13.0 Å². The number of phenols is 1. The van der Waals surface area contributed by atoms with Gasteiger partial charge in [-0.05, 0) is 25.0 Å². The third-order valence-corrected chi connectivity index (χ3v) is 5.91. The van der Waals surface area contributed by atoms with Crippen LogP contribution in [0.3, 0.4) is 0 Å². The van der Waals surface area contributed by atoms with Gasteiger partial charge in [0.2, 0.25) is 0 Å². The van der Waals surface area contributed by atoms with Gasteiger partial charge in [0, 0.05) is 42.3 Å². The van der Waals surface area contributed by atoms with Crippen molar-refractivity contribution in [1.82, 2.24) is 9.55 Å². The van der Waals surface area contributed by atoms with Gasteiger partial charge in [-0.2, -0.15) is 0 Å². The van der Waals surface area contributed by atoms with Crippen LogP contribution in [-0.4, -0.2) is 14.7 Å². The first-order valence-corrected chi connectivity index (χ1v) is 8.62. The quantitative estimate of drug-likeness (QED) is 0.847. The number of rotatable bonds is 2. The zero-order chi connectivity index (χ0) is 15.3. The number of aromatic nitrogens is 2. The molecule has 1 aliphatic carbocycles. The molecule has 1 fully saturated rings. The molecule has 2 heterocycles. The van der Waals surface area contributed by atoms with Crippen molar-refractivity contribution in [3.05, 3.63) is 45.5 Å². The van der Waals surface area contributed by atoms with Crippen LogP contribution in [0.25, 0.3) is 0 Å². The molecule has 2 aromatic rings. The van der Waals surface area contributed by atoms with E-state index >= 15 is 0 Å². The summed E-state index contributed by atoms with van der Waals surface area (Å²) in [6, 6.07) is 3.27. The fourth-order valence-corrected chi connectivity index (χ4v) is 4.47. The second-order valence-electron chi connectivity index (χ2n) is 6.39. The Bertz CT molecular complexity index is 720. The van der Waals surface area contributed by atoms with Crippen LogP contribution in [0.1, 0.15) is 54.6 Å². The Morgan fingerprint density at radius 3 is 2.68 bits per heavy atom. The van der Waals surface area contributed by atoms with Crippen LogP contribution in [0, 0.1) is 0 Å². The van der Waals surface area contributed by atoms with Crippen LogP contribution in [0.2, 0.25) is 10.0 Å². The van der Waals surface area contributed by atoms with Crippen LogP contribution in [0.5, 0.6) is 5.75 Å². The smallest absolute Gasteiger partial charge is 0.120 e. The molecule has 22 heavy (non-hydrogen) atoms. The summed E-state index contributed by atoms with van der Waals surface area (Å²) >= 11 is 12.5. The molecule has 0 bridgehead atoms. The minimum absolute atomic E-state index is 0.148. The van der Waals surface area contributed by atoms with Gasteiger partial charge in [0.15, 0.2) is 0 Å². The Balaban J connectivity index is 1.67. The molecule has 0 spiro atoms. The zero-order valence-electron chi connectivity index (χ0n) is 12.2. The average Bonchev–Trinajstić information content (AvgIpc) is 3.18. The lowest BCUT2D eigenvalue weighted by Crippen LogP contribution is -2.07. The van der Waals surface area contributed by atoms with Gasteiger partial charge in [0.05, 0.1) is 10.0 Å². The van der Waals surface area contributed by atoms with Gasteiger partial charge in [0.25, 0.3) is 0 Å². The molecule has 1 aromatic heterocycles. The van der Waals surface area contributed by atoms with Crippen molar-refractivity contribution in [2.45, 2.75) is 50.5 Å². The highest BCUT2D eigenvalue weighted by molar-refractivity contribution is 6.42. The summed E-state index contributed by atoms with van der Waals surface area (Å²) in [6.07, 6.45) is 8.00. The number of hydrogen-bond donors (Lipinski definition) is 1. The van der Waals surface area contributed by atoms with Crippen molar-refractivity contribution >= 4 is 23.2 Å². The number of halogens is 2. The standard InChI is InChI=1S/C17H18Cl2N2O/c18-12-5-6-14(22)16(17(12)19)11-7-15-20-8-13(21(15)9-11)10-3-1-2-4-10/h5-6,8,10-11,22H,1-4,7,9H2. The fourth-order valence-electron chi connectivity index (χ4n) is 3.99. The van der Waals surface area contributed by atoms with E-state index in [4.69, 9.17) is 23.2 Å². The SMILES string of the molecule is Oc1ccc(Cl)c(Cl)c1C1Cc2ncc(C3CCCC3)n2C1. The van der Waals surface area contributed by atoms with Crippen molar-refractivity contribution in [2.24, 2.45) is 0 Å². The zero-order valence-corrected chi connectivity index (χ0v) is 13.7. The van der Waals surface area contributed by atoms with Crippen molar-refractivity contribution in [1.29, 1.82) is 0 Å². The molecule has 1 aromatic carbocycles. The van der Waals surface area contributed by atoms with Gasteiger partial charge < -0.3 is 9.67 Å². The molecule has 4 rings (SSSR count). The third-order valence-electron chi connectivity index (χ3n) is 5.09. The molecule has 1 aliphatic heterocycles. The van der Waals surface area contributed by atoms with E-state index in [-0.39, 0.29) is 11.7 Å². The van der Waals surface area contributed by atoms with Crippen molar-refractivity contribution in [3.8, 4) is 5.75 Å². The summed E-state index contributed by atoms with van der Waals surface area (Å²) in [4.78, 5) is 4.60. The Kier molecular flexibility index (Phi) is 3.58. The summed E-state index contributed by atoms with van der Waals surface area (Å²) in [5.41, 5.74) is 2.12. The van der Waals surface area contributed by atoms with Crippen LogP contribution in [0.15, 0.2) is 18.3 Å². The Morgan fingerprint density at radius 2 is 1.91 bits per heavy atom. The molecule has 1 N–H and O–H groups in total. The van der Waals surface area contributed by atoms with E-state index in [9.17, 15) is 5.11 Å². The number of imidazole rings is 1. The van der Waals surface area contributed by atoms with E-state index in [0.717, 1.165) is 24.4 Å². The van der Waals surface area contributed by atoms with Gasteiger partial charge in [-0.25, -0.2) is 4.98 Å². The number of nitrogens with zero attached hydrogens (tertiary/aromatic N) is 2. The predicted molar refractivity (Wildman–Crippen MR) is 88.0 cm³/mol. The molecular weight excluding hydrogens is 319 g/mol. The number of benzene rings is 1. The van der Waals surface area contributed by atoms with Gasteiger partial charge >= 0.3 is 0 Å². The lowest BCUT2D eigenvalue weighted by Gasteiger charge is -2.16. The maximum absolute atomic E-state index is 10.2. The highest BCUT2D eigenvalue weighted by Crippen LogP contribution is 2.43. The first kappa shape index (κ1) is 14.4. The van der Waals surface area contributed by atoms with E-state index in [1.54, 1.807) is 12.1 Å². The summed E-state index contributed by atoms with van der Waals surface area (Å²) in [5, 5.41) is 11.2. The molecule has 116 valence electrons. The Hall–Kier alpha value is -1.19. The second-order valence-corrected chi connectivity index (χ2v) is 7.17. The molecule has 1 saturated carbocycles. The third kappa shape index (κ3) is 2.22. The summed E-state index contributed by atoms with van der Waals surface area (Å²) in [7, 11) is 0. The number of phenolic OH excluding ortho intramolecular Hbond substituents is 1.